The predicted molar refractivity (Wildman–Crippen MR) is 107 cm³/mol. The zero-order valence-corrected chi connectivity index (χ0v) is 15.8. The van der Waals surface area contributed by atoms with Crippen molar-refractivity contribution in [1.29, 1.82) is 0 Å². The SMILES string of the molecule is O=C1OC(c2ccccc2)=NC1=Cc1cc(Cl)ccc1Sc1cccs1. The molecule has 0 unspecified atom stereocenters. The first-order chi connectivity index (χ1) is 12.7. The molecule has 1 aliphatic rings. The Morgan fingerprint density at radius 1 is 1.08 bits per heavy atom. The van der Waals surface area contributed by atoms with Crippen LogP contribution in [0.4, 0.5) is 0 Å². The minimum atomic E-state index is -0.462. The fourth-order valence-corrected chi connectivity index (χ4v) is 4.41. The Kier molecular flexibility index (Phi) is 4.93. The van der Waals surface area contributed by atoms with Crippen molar-refractivity contribution in [2.75, 3.05) is 0 Å². The second-order valence-electron chi connectivity index (χ2n) is 5.42. The first-order valence-electron chi connectivity index (χ1n) is 7.78. The van der Waals surface area contributed by atoms with Gasteiger partial charge < -0.3 is 4.74 Å². The van der Waals surface area contributed by atoms with E-state index in [0.717, 1.165) is 20.2 Å². The molecule has 3 aromatic rings. The van der Waals surface area contributed by atoms with Gasteiger partial charge in [-0.3, -0.25) is 0 Å². The first kappa shape index (κ1) is 17.1. The molecule has 1 aromatic heterocycles. The van der Waals surface area contributed by atoms with Crippen molar-refractivity contribution in [2.45, 2.75) is 9.10 Å². The van der Waals surface area contributed by atoms with Crippen LogP contribution in [0.3, 0.4) is 0 Å². The lowest BCUT2D eigenvalue weighted by molar-refractivity contribution is -0.129. The van der Waals surface area contributed by atoms with Gasteiger partial charge in [0.2, 0.25) is 5.90 Å². The van der Waals surface area contributed by atoms with E-state index < -0.39 is 5.97 Å². The highest BCUT2D eigenvalue weighted by Gasteiger charge is 2.24. The summed E-state index contributed by atoms with van der Waals surface area (Å²) in [6.07, 6.45) is 1.72. The third-order valence-corrected chi connectivity index (χ3v) is 5.98. The van der Waals surface area contributed by atoms with Crippen molar-refractivity contribution in [2.24, 2.45) is 4.99 Å². The summed E-state index contributed by atoms with van der Waals surface area (Å²) in [7, 11) is 0. The Bertz CT molecular complexity index is 1010. The highest BCUT2D eigenvalue weighted by Crippen LogP contribution is 2.36. The normalized spacial score (nSPS) is 15.2. The number of carbonyl (C=O) groups excluding carboxylic acids is 1. The van der Waals surface area contributed by atoms with Crippen molar-refractivity contribution in [1.82, 2.24) is 0 Å². The van der Waals surface area contributed by atoms with E-state index in [1.165, 1.54) is 0 Å². The number of aliphatic imine (C=N–C) groups is 1. The topological polar surface area (TPSA) is 38.7 Å². The maximum Gasteiger partial charge on any atom is 0.363 e. The Morgan fingerprint density at radius 2 is 1.92 bits per heavy atom. The third-order valence-electron chi connectivity index (χ3n) is 3.61. The fraction of sp³-hybridized carbons (Fsp3) is 0. The molecule has 1 aliphatic heterocycles. The summed E-state index contributed by atoms with van der Waals surface area (Å²) in [6, 6.07) is 19.0. The van der Waals surface area contributed by atoms with Crippen LogP contribution in [0.5, 0.6) is 0 Å². The van der Waals surface area contributed by atoms with Gasteiger partial charge in [-0.2, -0.15) is 0 Å². The zero-order chi connectivity index (χ0) is 17.9. The van der Waals surface area contributed by atoms with Crippen molar-refractivity contribution < 1.29 is 9.53 Å². The summed E-state index contributed by atoms with van der Waals surface area (Å²) < 4.78 is 6.47. The van der Waals surface area contributed by atoms with Crippen LogP contribution in [0.1, 0.15) is 11.1 Å². The Hall–Kier alpha value is -2.34. The molecule has 128 valence electrons. The standard InChI is InChI=1S/C20H12ClNO2S2/c21-15-8-9-17(26-18-7-4-10-25-18)14(11-15)12-16-20(23)24-19(22-16)13-5-2-1-3-6-13/h1-12H. The molecule has 0 aliphatic carbocycles. The van der Waals surface area contributed by atoms with E-state index >= 15 is 0 Å². The molecule has 0 spiro atoms. The lowest BCUT2D eigenvalue weighted by atomic mass is 10.2. The largest absolute Gasteiger partial charge is 0.402 e. The van der Waals surface area contributed by atoms with E-state index in [0.29, 0.717) is 10.9 Å². The number of benzene rings is 2. The van der Waals surface area contributed by atoms with Crippen LogP contribution in [0.25, 0.3) is 6.08 Å². The maximum atomic E-state index is 12.2. The van der Waals surface area contributed by atoms with Gasteiger partial charge in [0.15, 0.2) is 5.70 Å². The van der Waals surface area contributed by atoms with Gasteiger partial charge in [-0.25, -0.2) is 9.79 Å². The van der Waals surface area contributed by atoms with Crippen molar-refractivity contribution >= 4 is 52.6 Å². The number of carbonyl (C=O) groups is 1. The molecule has 3 nitrogen and oxygen atoms in total. The van der Waals surface area contributed by atoms with Gasteiger partial charge in [0.1, 0.15) is 0 Å². The van der Waals surface area contributed by atoms with Gasteiger partial charge in [0, 0.05) is 15.5 Å². The number of nitrogens with zero attached hydrogens (tertiary/aromatic N) is 1. The highest BCUT2D eigenvalue weighted by molar-refractivity contribution is 8.01. The molecular formula is C20H12ClNO2S2. The lowest BCUT2D eigenvalue weighted by Crippen LogP contribution is -2.04. The van der Waals surface area contributed by atoms with Crippen LogP contribution >= 0.6 is 34.7 Å². The van der Waals surface area contributed by atoms with E-state index in [4.69, 9.17) is 16.3 Å². The molecule has 6 heteroatoms. The van der Waals surface area contributed by atoms with Gasteiger partial charge in [0.25, 0.3) is 0 Å². The molecule has 0 saturated carbocycles. The molecule has 0 saturated heterocycles. The molecule has 0 radical (unpaired) electrons. The van der Waals surface area contributed by atoms with Crippen LogP contribution in [0.15, 0.2) is 85.8 Å². The van der Waals surface area contributed by atoms with Crippen LogP contribution in [-0.4, -0.2) is 11.9 Å². The maximum absolute atomic E-state index is 12.2. The fourth-order valence-electron chi connectivity index (χ4n) is 2.42. The van der Waals surface area contributed by atoms with Gasteiger partial charge in [-0.05, 0) is 53.4 Å². The molecule has 4 rings (SSSR count). The minimum absolute atomic E-state index is 0.263. The Morgan fingerprint density at radius 3 is 2.69 bits per heavy atom. The monoisotopic (exact) mass is 397 g/mol. The summed E-state index contributed by atoms with van der Waals surface area (Å²) in [5.41, 5.74) is 1.86. The van der Waals surface area contributed by atoms with Crippen molar-refractivity contribution in [3.8, 4) is 0 Å². The van der Waals surface area contributed by atoms with E-state index in [-0.39, 0.29) is 5.70 Å². The highest BCUT2D eigenvalue weighted by atomic mass is 35.5. The van der Waals surface area contributed by atoms with Crippen LogP contribution < -0.4 is 0 Å². The molecule has 0 atom stereocenters. The molecule has 0 bridgehead atoms. The summed E-state index contributed by atoms with van der Waals surface area (Å²) in [5.74, 6) is -0.146. The summed E-state index contributed by atoms with van der Waals surface area (Å²) in [4.78, 5) is 17.6. The number of esters is 1. The summed E-state index contributed by atoms with van der Waals surface area (Å²) in [6.45, 7) is 0. The first-order valence-corrected chi connectivity index (χ1v) is 9.85. The van der Waals surface area contributed by atoms with Crippen molar-refractivity contribution in [3.05, 3.63) is 87.9 Å². The molecular weight excluding hydrogens is 386 g/mol. The summed E-state index contributed by atoms with van der Waals surface area (Å²) >= 11 is 9.44. The molecule has 0 amide bonds. The van der Waals surface area contributed by atoms with Gasteiger partial charge in [-0.15, -0.1) is 11.3 Å². The third kappa shape index (κ3) is 3.75. The second kappa shape index (κ2) is 7.50. The predicted octanol–water partition coefficient (Wildman–Crippen LogP) is 5.90. The van der Waals surface area contributed by atoms with Gasteiger partial charge in [-0.1, -0.05) is 47.6 Å². The molecule has 2 aromatic carbocycles. The minimum Gasteiger partial charge on any atom is -0.402 e. The van der Waals surface area contributed by atoms with Crippen LogP contribution in [-0.2, 0) is 9.53 Å². The Labute approximate surface area is 164 Å². The van der Waals surface area contributed by atoms with Crippen molar-refractivity contribution in [3.63, 3.8) is 0 Å². The number of thiophene rings is 1. The van der Waals surface area contributed by atoms with Gasteiger partial charge >= 0.3 is 5.97 Å². The van der Waals surface area contributed by atoms with E-state index in [9.17, 15) is 4.79 Å². The Balaban J connectivity index is 1.70. The molecule has 26 heavy (non-hydrogen) atoms. The van der Waals surface area contributed by atoms with E-state index in [2.05, 4.69) is 11.1 Å². The van der Waals surface area contributed by atoms with E-state index in [1.54, 1.807) is 29.2 Å². The molecule has 2 heterocycles. The van der Waals surface area contributed by atoms with Gasteiger partial charge in [0.05, 0.1) is 4.21 Å². The smallest absolute Gasteiger partial charge is 0.363 e. The number of halogens is 1. The average molecular weight is 398 g/mol. The number of hydrogen-bond donors (Lipinski definition) is 0. The van der Waals surface area contributed by atoms with E-state index in [1.807, 2.05) is 60.0 Å². The van der Waals surface area contributed by atoms with Crippen LogP contribution in [0, 0.1) is 0 Å². The lowest BCUT2D eigenvalue weighted by Gasteiger charge is -2.05. The number of rotatable bonds is 4. The second-order valence-corrected chi connectivity index (χ2v) is 8.14. The molecule has 0 fully saturated rings. The summed E-state index contributed by atoms with van der Waals surface area (Å²) in [5, 5.41) is 2.63. The zero-order valence-electron chi connectivity index (χ0n) is 13.4. The van der Waals surface area contributed by atoms with Crippen LogP contribution in [0.2, 0.25) is 5.02 Å². The molecule has 0 N–H and O–H groups in total. The quantitative estimate of drug-likeness (QED) is 0.406. The number of cyclic esters (lactones) is 1. The average Bonchev–Trinajstić information content (AvgIpc) is 3.28. The number of hydrogen-bond acceptors (Lipinski definition) is 5. The number of ether oxygens (including phenoxy) is 1.